The number of amides is 1. The van der Waals surface area contributed by atoms with Crippen LogP contribution in [-0.2, 0) is 21.2 Å². The van der Waals surface area contributed by atoms with E-state index in [0.29, 0.717) is 37.5 Å². The molecule has 3 N–H and O–H groups in total. The number of thiazole rings is 1. The largest absolute Gasteiger partial charge is 0.375 e. The van der Waals surface area contributed by atoms with Gasteiger partial charge >= 0.3 is 0 Å². The number of nitrogens with zero attached hydrogens (tertiary/aromatic N) is 2. The fraction of sp³-hybridized carbons (Fsp3) is 0.412. The molecule has 0 atom stereocenters. The third-order valence-corrected chi connectivity index (χ3v) is 6.45. The third-order valence-electron chi connectivity index (χ3n) is 4.25. The summed E-state index contributed by atoms with van der Waals surface area (Å²) in [5.41, 5.74) is 7.20. The number of hydrogen-bond acceptors (Lipinski definition) is 6. The third kappa shape index (κ3) is 4.60. The molecule has 26 heavy (non-hydrogen) atoms. The molecule has 1 aromatic carbocycles. The number of anilines is 2. The highest BCUT2D eigenvalue weighted by Crippen LogP contribution is 2.22. The van der Waals surface area contributed by atoms with E-state index in [-0.39, 0.29) is 10.8 Å². The lowest BCUT2D eigenvalue weighted by Crippen LogP contribution is -2.35. The van der Waals surface area contributed by atoms with Crippen molar-refractivity contribution in [1.29, 1.82) is 0 Å². The maximum absolute atomic E-state index is 12.4. The number of rotatable bonds is 7. The van der Waals surface area contributed by atoms with Crippen molar-refractivity contribution in [2.24, 2.45) is 0 Å². The molecular formula is C17H22N4O3S2. The summed E-state index contributed by atoms with van der Waals surface area (Å²) in [7, 11) is -3.57. The van der Waals surface area contributed by atoms with Gasteiger partial charge in [-0.1, -0.05) is 0 Å². The van der Waals surface area contributed by atoms with E-state index in [4.69, 9.17) is 5.73 Å². The molecule has 7 nitrogen and oxygen atoms in total. The van der Waals surface area contributed by atoms with Gasteiger partial charge in [-0.05, 0) is 49.9 Å². The van der Waals surface area contributed by atoms with Crippen molar-refractivity contribution in [2.75, 3.05) is 23.7 Å². The molecule has 0 radical (unpaired) electrons. The molecule has 140 valence electrons. The van der Waals surface area contributed by atoms with Gasteiger partial charge in [-0.15, -0.1) is 11.3 Å². The van der Waals surface area contributed by atoms with E-state index in [2.05, 4.69) is 9.71 Å². The van der Waals surface area contributed by atoms with Crippen molar-refractivity contribution >= 4 is 38.1 Å². The number of hydrogen-bond donors (Lipinski definition) is 2. The molecule has 2 aromatic rings. The molecule has 0 aliphatic carbocycles. The first-order valence-electron chi connectivity index (χ1n) is 8.56. The van der Waals surface area contributed by atoms with Gasteiger partial charge in [-0.3, -0.25) is 4.79 Å². The molecule has 1 aromatic heterocycles. The zero-order valence-electron chi connectivity index (χ0n) is 14.3. The zero-order valence-corrected chi connectivity index (χ0v) is 16.0. The van der Waals surface area contributed by atoms with Gasteiger partial charge in [0.1, 0.15) is 0 Å². The van der Waals surface area contributed by atoms with Gasteiger partial charge in [0.25, 0.3) is 0 Å². The van der Waals surface area contributed by atoms with Crippen LogP contribution in [-0.4, -0.2) is 32.4 Å². The van der Waals surface area contributed by atoms with Gasteiger partial charge in [0.05, 0.1) is 10.6 Å². The fourth-order valence-corrected chi connectivity index (χ4v) is 4.55. The normalized spacial score (nSPS) is 15.4. The Morgan fingerprint density at radius 3 is 2.65 bits per heavy atom. The van der Waals surface area contributed by atoms with Gasteiger partial charge < -0.3 is 10.6 Å². The summed E-state index contributed by atoms with van der Waals surface area (Å²) in [6.45, 7) is 1.01. The predicted molar refractivity (Wildman–Crippen MR) is 103 cm³/mol. The monoisotopic (exact) mass is 394 g/mol. The van der Waals surface area contributed by atoms with Crippen molar-refractivity contribution in [3.8, 4) is 0 Å². The van der Waals surface area contributed by atoms with E-state index < -0.39 is 10.0 Å². The molecule has 9 heteroatoms. The van der Waals surface area contributed by atoms with Gasteiger partial charge in [0.15, 0.2) is 5.13 Å². The highest BCUT2D eigenvalue weighted by atomic mass is 32.2. The first kappa shape index (κ1) is 18.8. The summed E-state index contributed by atoms with van der Waals surface area (Å²) >= 11 is 1.38. The molecular weight excluding hydrogens is 372 g/mol. The Morgan fingerprint density at radius 1 is 1.23 bits per heavy atom. The van der Waals surface area contributed by atoms with Crippen LogP contribution in [0.5, 0.6) is 0 Å². The Labute approximate surface area is 157 Å². The SMILES string of the molecule is Nc1nc(CCCNS(=O)(=O)c2ccc(N3CCCCC3=O)cc2)cs1. The molecule has 0 saturated carbocycles. The molecule has 1 aliphatic rings. The minimum Gasteiger partial charge on any atom is -0.375 e. The fourth-order valence-electron chi connectivity index (χ4n) is 2.88. The van der Waals surface area contributed by atoms with Crippen LogP contribution < -0.4 is 15.4 Å². The summed E-state index contributed by atoms with van der Waals surface area (Å²) in [5.74, 6) is 0.0904. The minimum absolute atomic E-state index is 0.0904. The summed E-state index contributed by atoms with van der Waals surface area (Å²) < 4.78 is 27.3. The van der Waals surface area contributed by atoms with Gasteiger partial charge in [0, 0.05) is 30.6 Å². The predicted octanol–water partition coefficient (Wildman–Crippen LogP) is 2.15. The Balaban J connectivity index is 1.55. The first-order chi connectivity index (χ1) is 12.5. The second-order valence-corrected chi connectivity index (χ2v) is 8.83. The average Bonchev–Trinajstić information content (AvgIpc) is 3.05. The van der Waals surface area contributed by atoms with E-state index in [1.165, 1.54) is 11.3 Å². The standard InChI is InChI=1S/C17H22N4O3S2/c18-17-20-13(12-25-17)4-3-10-19-26(23,24)15-8-6-14(7-9-15)21-11-2-1-5-16(21)22/h6-9,12,19H,1-5,10-11H2,(H2,18,20). The molecule has 3 rings (SSSR count). The number of nitrogens with two attached hydrogens (primary N) is 1. The van der Waals surface area contributed by atoms with Gasteiger partial charge in [-0.25, -0.2) is 18.1 Å². The van der Waals surface area contributed by atoms with Crippen LogP contribution in [0.3, 0.4) is 0 Å². The van der Waals surface area contributed by atoms with E-state index in [1.807, 2.05) is 5.38 Å². The van der Waals surface area contributed by atoms with Crippen LogP contribution in [0.1, 0.15) is 31.4 Å². The average molecular weight is 395 g/mol. The molecule has 0 spiro atoms. The highest BCUT2D eigenvalue weighted by Gasteiger charge is 2.20. The molecule has 0 unspecified atom stereocenters. The molecule has 1 saturated heterocycles. The quantitative estimate of drug-likeness (QED) is 0.700. The summed E-state index contributed by atoms with van der Waals surface area (Å²) in [4.78, 5) is 18.0. The summed E-state index contributed by atoms with van der Waals surface area (Å²) in [6, 6.07) is 6.47. The topological polar surface area (TPSA) is 105 Å². The van der Waals surface area contributed by atoms with Crippen molar-refractivity contribution < 1.29 is 13.2 Å². The molecule has 1 amide bonds. The van der Waals surface area contributed by atoms with Gasteiger partial charge in [-0.2, -0.15) is 0 Å². The number of piperidine rings is 1. The van der Waals surface area contributed by atoms with E-state index in [1.54, 1.807) is 29.2 Å². The summed E-state index contributed by atoms with van der Waals surface area (Å²) in [5, 5.41) is 2.40. The Hall–Kier alpha value is -1.97. The van der Waals surface area contributed by atoms with Crippen LogP contribution in [0.2, 0.25) is 0 Å². The molecule has 0 bridgehead atoms. The lowest BCUT2D eigenvalue weighted by molar-refractivity contribution is -0.119. The number of nitrogen functional groups attached to an aromatic ring is 1. The number of carbonyl (C=O) groups is 1. The lowest BCUT2D eigenvalue weighted by atomic mass is 10.1. The minimum atomic E-state index is -3.57. The maximum Gasteiger partial charge on any atom is 0.240 e. The number of sulfonamides is 1. The van der Waals surface area contributed by atoms with Crippen molar-refractivity contribution in [2.45, 2.75) is 37.0 Å². The first-order valence-corrected chi connectivity index (χ1v) is 10.9. The summed E-state index contributed by atoms with van der Waals surface area (Å²) in [6.07, 6.45) is 3.75. The number of carbonyl (C=O) groups excluding carboxylic acids is 1. The smallest absolute Gasteiger partial charge is 0.240 e. The second-order valence-electron chi connectivity index (χ2n) is 6.17. The van der Waals surface area contributed by atoms with Crippen LogP contribution in [0, 0.1) is 0 Å². The van der Waals surface area contributed by atoms with Gasteiger partial charge in [0.2, 0.25) is 15.9 Å². The highest BCUT2D eigenvalue weighted by molar-refractivity contribution is 7.89. The molecule has 1 fully saturated rings. The van der Waals surface area contributed by atoms with Crippen LogP contribution in [0.25, 0.3) is 0 Å². The zero-order chi connectivity index (χ0) is 18.6. The van der Waals surface area contributed by atoms with Crippen LogP contribution in [0.4, 0.5) is 10.8 Å². The van der Waals surface area contributed by atoms with Crippen molar-refractivity contribution in [3.63, 3.8) is 0 Å². The number of nitrogens with one attached hydrogen (secondary N) is 1. The van der Waals surface area contributed by atoms with Crippen molar-refractivity contribution in [3.05, 3.63) is 35.3 Å². The number of benzene rings is 1. The van der Waals surface area contributed by atoms with Crippen LogP contribution >= 0.6 is 11.3 Å². The maximum atomic E-state index is 12.4. The van der Waals surface area contributed by atoms with Crippen molar-refractivity contribution in [1.82, 2.24) is 9.71 Å². The van der Waals surface area contributed by atoms with Crippen LogP contribution in [0.15, 0.2) is 34.5 Å². The Kier molecular flexibility index (Phi) is 5.90. The Bertz CT molecular complexity index is 862. The molecule has 2 heterocycles. The lowest BCUT2D eigenvalue weighted by Gasteiger charge is -2.26. The number of aromatic nitrogens is 1. The van der Waals surface area contributed by atoms with E-state index in [9.17, 15) is 13.2 Å². The van der Waals surface area contributed by atoms with E-state index in [0.717, 1.165) is 24.2 Å². The second kappa shape index (κ2) is 8.15. The molecule has 1 aliphatic heterocycles. The Morgan fingerprint density at radius 2 is 2.00 bits per heavy atom. The number of aryl methyl sites for hydroxylation is 1. The van der Waals surface area contributed by atoms with E-state index >= 15 is 0 Å².